The van der Waals surface area contributed by atoms with Gasteiger partial charge in [-0.3, -0.25) is 4.79 Å². The van der Waals surface area contributed by atoms with Crippen molar-refractivity contribution < 1.29 is 13.2 Å². The Morgan fingerprint density at radius 1 is 1.47 bits per heavy atom. The van der Waals surface area contributed by atoms with E-state index in [1.165, 1.54) is 15.8 Å². The maximum Gasteiger partial charge on any atom is 0.252 e. The highest BCUT2D eigenvalue weighted by Gasteiger charge is 2.41. The van der Waals surface area contributed by atoms with E-state index in [0.717, 1.165) is 24.3 Å². The van der Waals surface area contributed by atoms with Crippen molar-refractivity contribution in [2.75, 3.05) is 19.6 Å². The normalized spacial score (nSPS) is 27.6. The van der Waals surface area contributed by atoms with Crippen LogP contribution >= 0.6 is 11.3 Å². The molecular weight excluding hydrogens is 286 g/mol. The highest BCUT2D eigenvalue weighted by atomic mass is 32.2. The Morgan fingerprint density at radius 3 is 2.89 bits per heavy atom. The third-order valence-electron chi connectivity index (χ3n) is 3.78. The highest BCUT2D eigenvalue weighted by molar-refractivity contribution is 7.91. The molecule has 3 heterocycles. The molecule has 1 aromatic heterocycles. The summed E-state index contributed by atoms with van der Waals surface area (Å²) in [5.41, 5.74) is 5.40. The fourth-order valence-electron chi connectivity index (χ4n) is 2.71. The second-order valence-electron chi connectivity index (χ2n) is 4.95. The number of sulfonamides is 1. The van der Waals surface area contributed by atoms with Crippen molar-refractivity contribution in [1.82, 2.24) is 9.62 Å². The van der Waals surface area contributed by atoms with Crippen molar-refractivity contribution in [1.29, 1.82) is 0 Å². The van der Waals surface area contributed by atoms with E-state index in [9.17, 15) is 13.2 Å². The largest absolute Gasteiger partial charge is 0.366 e. The lowest BCUT2D eigenvalue weighted by molar-refractivity contribution is 0.100. The van der Waals surface area contributed by atoms with Gasteiger partial charge in [0, 0.05) is 24.5 Å². The molecule has 2 aliphatic rings. The van der Waals surface area contributed by atoms with Crippen LogP contribution in [0.15, 0.2) is 15.7 Å². The molecule has 0 saturated carbocycles. The standard InChI is InChI=1S/C11H15N3O3S2/c12-11(15)8-3-10(18-6-8)19(16,17)14-4-7-1-2-13-9(7)5-14/h3,6-7,9,13H,1-2,4-5H2,(H2,12,15)/t7-,9+/m0/s1. The number of primary amides is 1. The van der Waals surface area contributed by atoms with E-state index in [1.54, 1.807) is 0 Å². The topological polar surface area (TPSA) is 92.5 Å². The van der Waals surface area contributed by atoms with Crippen LogP contribution in [-0.2, 0) is 10.0 Å². The third-order valence-corrected chi connectivity index (χ3v) is 7.03. The van der Waals surface area contributed by atoms with Crippen LogP contribution in [0.4, 0.5) is 0 Å². The number of fused-ring (bicyclic) bond motifs is 1. The maximum atomic E-state index is 12.5. The number of rotatable bonds is 3. The monoisotopic (exact) mass is 301 g/mol. The molecule has 6 nitrogen and oxygen atoms in total. The van der Waals surface area contributed by atoms with Gasteiger partial charge in [-0.05, 0) is 24.9 Å². The lowest BCUT2D eigenvalue weighted by Crippen LogP contribution is -2.33. The molecule has 2 atom stereocenters. The number of hydrogen-bond acceptors (Lipinski definition) is 5. The van der Waals surface area contributed by atoms with Gasteiger partial charge in [-0.15, -0.1) is 11.3 Å². The molecule has 0 unspecified atom stereocenters. The summed E-state index contributed by atoms with van der Waals surface area (Å²) in [7, 11) is -3.49. The Labute approximate surface area is 115 Å². The number of amides is 1. The third kappa shape index (κ3) is 2.18. The van der Waals surface area contributed by atoms with Crippen molar-refractivity contribution in [2.45, 2.75) is 16.7 Å². The van der Waals surface area contributed by atoms with Gasteiger partial charge in [0.2, 0.25) is 5.91 Å². The number of thiophene rings is 1. The zero-order valence-electron chi connectivity index (χ0n) is 10.2. The summed E-state index contributed by atoms with van der Waals surface area (Å²) in [6, 6.07) is 1.63. The first-order valence-corrected chi connectivity index (χ1v) is 8.42. The highest BCUT2D eigenvalue weighted by Crippen LogP contribution is 2.31. The Hall–Kier alpha value is -0.960. The van der Waals surface area contributed by atoms with Gasteiger partial charge >= 0.3 is 0 Å². The van der Waals surface area contributed by atoms with Gasteiger partial charge in [0.05, 0.1) is 5.56 Å². The molecule has 0 aromatic carbocycles. The Bertz CT molecular complexity index is 598. The summed E-state index contributed by atoms with van der Waals surface area (Å²) in [5, 5.41) is 4.81. The second-order valence-corrected chi connectivity index (χ2v) is 8.03. The lowest BCUT2D eigenvalue weighted by atomic mass is 10.1. The van der Waals surface area contributed by atoms with E-state index in [-0.39, 0.29) is 15.8 Å². The first-order valence-electron chi connectivity index (χ1n) is 6.10. The van der Waals surface area contributed by atoms with Crippen molar-refractivity contribution in [3.63, 3.8) is 0 Å². The van der Waals surface area contributed by atoms with Gasteiger partial charge in [-0.2, -0.15) is 4.31 Å². The van der Waals surface area contributed by atoms with Crippen LogP contribution in [0.5, 0.6) is 0 Å². The fraction of sp³-hybridized carbons (Fsp3) is 0.545. The van der Waals surface area contributed by atoms with Crippen molar-refractivity contribution in [3.8, 4) is 0 Å². The number of hydrogen-bond donors (Lipinski definition) is 2. The molecular formula is C11H15N3O3S2. The predicted molar refractivity (Wildman–Crippen MR) is 71.5 cm³/mol. The van der Waals surface area contributed by atoms with E-state index in [1.807, 2.05) is 0 Å². The van der Waals surface area contributed by atoms with Gasteiger partial charge < -0.3 is 11.1 Å². The summed E-state index contributed by atoms with van der Waals surface area (Å²) in [6.07, 6.45) is 1.02. The average Bonchev–Trinajstić information content (AvgIpc) is 3.04. The molecule has 1 amide bonds. The molecule has 0 bridgehead atoms. The van der Waals surface area contributed by atoms with Crippen molar-refractivity contribution >= 4 is 27.3 Å². The molecule has 2 aliphatic heterocycles. The Kier molecular flexibility index (Phi) is 3.12. The number of nitrogens with one attached hydrogen (secondary N) is 1. The maximum absolute atomic E-state index is 12.5. The zero-order chi connectivity index (χ0) is 13.6. The van der Waals surface area contributed by atoms with Crippen LogP contribution in [-0.4, -0.2) is 44.3 Å². The minimum absolute atomic E-state index is 0.196. The molecule has 0 aliphatic carbocycles. The van der Waals surface area contributed by atoms with Crippen LogP contribution in [0, 0.1) is 5.92 Å². The quantitative estimate of drug-likeness (QED) is 0.810. The molecule has 0 spiro atoms. The van der Waals surface area contributed by atoms with Gasteiger partial charge in [0.1, 0.15) is 4.21 Å². The minimum Gasteiger partial charge on any atom is -0.366 e. The van der Waals surface area contributed by atoms with Crippen LogP contribution in [0.3, 0.4) is 0 Å². The summed E-state index contributed by atoms with van der Waals surface area (Å²) in [5.74, 6) is -0.192. The van der Waals surface area contributed by atoms with Gasteiger partial charge in [0.25, 0.3) is 10.0 Å². The molecule has 104 valence electrons. The number of nitrogens with zero attached hydrogens (tertiary/aromatic N) is 1. The molecule has 3 rings (SSSR count). The Morgan fingerprint density at radius 2 is 2.26 bits per heavy atom. The molecule has 2 saturated heterocycles. The van der Waals surface area contributed by atoms with E-state index in [0.29, 0.717) is 19.0 Å². The molecule has 2 fully saturated rings. The Balaban J connectivity index is 1.84. The van der Waals surface area contributed by atoms with Crippen LogP contribution < -0.4 is 11.1 Å². The van der Waals surface area contributed by atoms with Crippen LogP contribution in [0.25, 0.3) is 0 Å². The lowest BCUT2D eigenvalue weighted by Gasteiger charge is -2.15. The molecule has 19 heavy (non-hydrogen) atoms. The summed E-state index contributed by atoms with van der Waals surface area (Å²) >= 11 is 1.05. The molecule has 0 radical (unpaired) electrons. The molecule has 8 heteroatoms. The van der Waals surface area contributed by atoms with Gasteiger partial charge in [-0.1, -0.05) is 0 Å². The van der Waals surface area contributed by atoms with E-state index in [2.05, 4.69) is 5.32 Å². The van der Waals surface area contributed by atoms with Crippen molar-refractivity contribution in [2.24, 2.45) is 11.7 Å². The summed E-state index contributed by atoms with van der Waals surface area (Å²) < 4.78 is 26.6. The summed E-state index contributed by atoms with van der Waals surface area (Å²) in [4.78, 5) is 11.0. The zero-order valence-corrected chi connectivity index (χ0v) is 11.8. The number of carbonyl (C=O) groups is 1. The number of carbonyl (C=O) groups excluding carboxylic acids is 1. The predicted octanol–water partition coefficient (Wildman–Crippen LogP) is -0.171. The SMILES string of the molecule is NC(=O)c1csc(S(=O)(=O)N2C[C@@H]3CCN[C@@H]3C2)c1. The van der Waals surface area contributed by atoms with Gasteiger partial charge in [-0.25, -0.2) is 8.42 Å². The average molecular weight is 301 g/mol. The van der Waals surface area contributed by atoms with Crippen LogP contribution in [0.2, 0.25) is 0 Å². The smallest absolute Gasteiger partial charge is 0.252 e. The van der Waals surface area contributed by atoms with Gasteiger partial charge in [0.15, 0.2) is 0 Å². The van der Waals surface area contributed by atoms with E-state index >= 15 is 0 Å². The van der Waals surface area contributed by atoms with E-state index < -0.39 is 15.9 Å². The minimum atomic E-state index is -3.49. The van der Waals surface area contributed by atoms with E-state index in [4.69, 9.17) is 5.73 Å². The van der Waals surface area contributed by atoms with Crippen LogP contribution in [0.1, 0.15) is 16.8 Å². The fourth-order valence-corrected chi connectivity index (χ4v) is 5.56. The van der Waals surface area contributed by atoms with Crippen molar-refractivity contribution in [3.05, 3.63) is 17.0 Å². The first-order chi connectivity index (χ1) is 8.98. The molecule has 1 aromatic rings. The number of nitrogens with two attached hydrogens (primary N) is 1. The second kappa shape index (κ2) is 4.55. The molecule has 3 N–H and O–H groups in total. The first kappa shape index (κ1) is 13.0. The summed E-state index contributed by atoms with van der Waals surface area (Å²) in [6.45, 7) is 2.04.